The summed E-state index contributed by atoms with van der Waals surface area (Å²) in [6, 6.07) is 11.2. The highest BCUT2D eigenvalue weighted by Crippen LogP contribution is 2.46. The fourth-order valence-electron chi connectivity index (χ4n) is 3.16. The zero-order valence-corrected chi connectivity index (χ0v) is 14.3. The van der Waals surface area contributed by atoms with E-state index in [1.54, 1.807) is 19.2 Å². The highest BCUT2D eigenvalue weighted by atomic mass is 32.1. The Balaban J connectivity index is 1.74. The summed E-state index contributed by atoms with van der Waals surface area (Å²) in [4.78, 5) is 24.4. The molecule has 0 radical (unpaired) electrons. The molecule has 1 aliphatic rings. The average molecular weight is 344 g/mol. The molecule has 0 aliphatic heterocycles. The lowest BCUT2D eigenvalue weighted by Gasteiger charge is -2.43. The lowest BCUT2D eigenvalue weighted by Crippen LogP contribution is -2.45. The lowest BCUT2D eigenvalue weighted by molar-refractivity contribution is 0.0930. The molecule has 0 unspecified atom stereocenters. The molecule has 1 fully saturated rings. The largest absolute Gasteiger partial charge is 0.496 e. The van der Waals surface area contributed by atoms with Crippen LogP contribution in [0.5, 0.6) is 5.75 Å². The Kier molecular flexibility index (Phi) is 4.57. The van der Waals surface area contributed by atoms with Crippen LogP contribution in [0.1, 0.15) is 44.2 Å². The molecule has 0 spiro atoms. The molecular weight excluding hydrogens is 324 g/mol. The maximum absolute atomic E-state index is 12.4. The van der Waals surface area contributed by atoms with Crippen LogP contribution in [-0.2, 0) is 5.41 Å². The summed E-state index contributed by atoms with van der Waals surface area (Å²) in [5.74, 6) is 0.177. The van der Waals surface area contributed by atoms with Gasteiger partial charge in [0.25, 0.3) is 11.8 Å². The number of para-hydroxylation sites is 1. The Morgan fingerprint density at radius 2 is 1.92 bits per heavy atom. The minimum atomic E-state index is -0.511. The highest BCUT2D eigenvalue weighted by molar-refractivity contribution is 7.15. The number of hydrogen-bond acceptors (Lipinski definition) is 4. The molecule has 24 heavy (non-hydrogen) atoms. The first-order valence-electron chi connectivity index (χ1n) is 7.87. The van der Waals surface area contributed by atoms with Crippen LogP contribution in [0.25, 0.3) is 0 Å². The van der Waals surface area contributed by atoms with E-state index < -0.39 is 5.91 Å². The molecule has 1 aliphatic carbocycles. The quantitative estimate of drug-likeness (QED) is 0.845. The van der Waals surface area contributed by atoms with Gasteiger partial charge in [-0.05, 0) is 31.0 Å². The van der Waals surface area contributed by atoms with E-state index in [0.717, 1.165) is 41.9 Å². The zero-order chi connectivity index (χ0) is 17.2. The second-order valence-electron chi connectivity index (χ2n) is 6.04. The van der Waals surface area contributed by atoms with Gasteiger partial charge in [0.05, 0.1) is 16.9 Å². The molecule has 1 aromatic carbocycles. The van der Waals surface area contributed by atoms with Crippen molar-refractivity contribution in [1.82, 2.24) is 5.32 Å². The first-order valence-corrected chi connectivity index (χ1v) is 8.69. The number of primary amides is 1. The third kappa shape index (κ3) is 3.01. The molecule has 2 aromatic rings. The number of nitrogens with two attached hydrogens (primary N) is 1. The minimum Gasteiger partial charge on any atom is -0.496 e. The van der Waals surface area contributed by atoms with E-state index in [1.807, 2.05) is 18.2 Å². The van der Waals surface area contributed by atoms with E-state index in [1.165, 1.54) is 0 Å². The molecule has 6 heteroatoms. The summed E-state index contributed by atoms with van der Waals surface area (Å²) in [5, 5.41) is 3.01. The molecule has 5 nitrogen and oxygen atoms in total. The highest BCUT2D eigenvalue weighted by Gasteiger charge is 2.40. The third-order valence-corrected chi connectivity index (χ3v) is 5.75. The number of carbonyl (C=O) groups excluding carboxylic acids is 2. The number of amides is 2. The van der Waals surface area contributed by atoms with Gasteiger partial charge in [-0.3, -0.25) is 9.59 Å². The van der Waals surface area contributed by atoms with Crippen LogP contribution in [0.15, 0.2) is 36.4 Å². The number of carbonyl (C=O) groups is 2. The summed E-state index contributed by atoms with van der Waals surface area (Å²) >= 11 is 1.12. The first kappa shape index (κ1) is 16.5. The Hall–Kier alpha value is -2.34. The zero-order valence-electron chi connectivity index (χ0n) is 13.5. The smallest absolute Gasteiger partial charge is 0.261 e. The maximum Gasteiger partial charge on any atom is 0.261 e. The van der Waals surface area contributed by atoms with Gasteiger partial charge < -0.3 is 15.8 Å². The second kappa shape index (κ2) is 6.65. The maximum atomic E-state index is 12.4. The van der Waals surface area contributed by atoms with Gasteiger partial charge in [-0.25, -0.2) is 0 Å². The standard InChI is InChI=1S/C18H20N2O3S/c1-23-13-6-3-2-5-12(13)18(9-4-10-18)11-20-17(22)15-8-7-14(24-15)16(19)21/h2-3,5-8H,4,9-11H2,1H3,(H2,19,21)(H,20,22). The molecule has 1 aromatic heterocycles. The third-order valence-electron chi connectivity index (χ3n) is 4.65. The number of hydrogen-bond donors (Lipinski definition) is 2. The lowest BCUT2D eigenvalue weighted by atomic mass is 9.64. The van der Waals surface area contributed by atoms with Crippen LogP contribution >= 0.6 is 11.3 Å². The molecule has 0 atom stereocenters. The molecule has 1 saturated carbocycles. The van der Waals surface area contributed by atoms with Crippen molar-refractivity contribution in [2.75, 3.05) is 13.7 Å². The second-order valence-corrected chi connectivity index (χ2v) is 7.13. The van der Waals surface area contributed by atoms with Gasteiger partial charge >= 0.3 is 0 Å². The average Bonchev–Trinajstić information content (AvgIpc) is 3.04. The molecular formula is C18H20N2O3S. The van der Waals surface area contributed by atoms with Gasteiger partial charge in [0, 0.05) is 17.5 Å². The van der Waals surface area contributed by atoms with Crippen molar-refractivity contribution in [1.29, 1.82) is 0 Å². The summed E-state index contributed by atoms with van der Waals surface area (Å²) in [5.41, 5.74) is 6.30. The van der Waals surface area contributed by atoms with Crippen LogP contribution in [0.4, 0.5) is 0 Å². The summed E-state index contributed by atoms with van der Waals surface area (Å²) < 4.78 is 5.49. The van der Waals surface area contributed by atoms with Crippen LogP contribution in [0, 0.1) is 0 Å². The van der Waals surface area contributed by atoms with Gasteiger partial charge in [-0.15, -0.1) is 11.3 Å². The number of nitrogens with one attached hydrogen (secondary N) is 1. The van der Waals surface area contributed by atoms with E-state index in [9.17, 15) is 9.59 Å². The SMILES string of the molecule is COc1ccccc1C1(CNC(=O)c2ccc(C(N)=O)s2)CCC1. The Bertz CT molecular complexity index is 765. The minimum absolute atomic E-state index is 0.0773. The summed E-state index contributed by atoms with van der Waals surface area (Å²) in [6.45, 7) is 0.552. The Morgan fingerprint density at radius 1 is 1.21 bits per heavy atom. The van der Waals surface area contributed by atoms with Crippen LogP contribution in [0.3, 0.4) is 0 Å². The van der Waals surface area contributed by atoms with Crippen molar-refractivity contribution < 1.29 is 14.3 Å². The molecule has 3 N–H and O–H groups in total. The number of rotatable bonds is 6. The fourth-order valence-corrected chi connectivity index (χ4v) is 3.93. The summed E-state index contributed by atoms with van der Waals surface area (Å²) in [7, 11) is 1.67. The predicted octanol–water partition coefficient (Wildman–Crippen LogP) is 2.71. The van der Waals surface area contributed by atoms with E-state index in [2.05, 4.69) is 11.4 Å². The van der Waals surface area contributed by atoms with Gasteiger partial charge in [0.15, 0.2) is 0 Å². The van der Waals surface area contributed by atoms with Crippen LogP contribution in [0.2, 0.25) is 0 Å². The topological polar surface area (TPSA) is 81.4 Å². The number of methoxy groups -OCH3 is 1. The van der Waals surface area contributed by atoms with Crippen molar-refractivity contribution in [2.45, 2.75) is 24.7 Å². The van der Waals surface area contributed by atoms with E-state index in [4.69, 9.17) is 10.5 Å². The number of thiophene rings is 1. The van der Waals surface area contributed by atoms with Crippen LogP contribution in [-0.4, -0.2) is 25.5 Å². The number of ether oxygens (including phenoxy) is 1. The Labute approximate surface area is 144 Å². The van der Waals surface area contributed by atoms with Gasteiger partial charge in [-0.2, -0.15) is 0 Å². The van der Waals surface area contributed by atoms with Crippen molar-refractivity contribution in [3.63, 3.8) is 0 Å². The van der Waals surface area contributed by atoms with Crippen molar-refractivity contribution in [3.05, 3.63) is 51.7 Å². The first-order chi connectivity index (χ1) is 11.6. The van der Waals surface area contributed by atoms with E-state index >= 15 is 0 Å². The molecule has 0 bridgehead atoms. The van der Waals surface area contributed by atoms with Gasteiger partial charge in [0.2, 0.25) is 0 Å². The van der Waals surface area contributed by atoms with Crippen LogP contribution < -0.4 is 15.8 Å². The van der Waals surface area contributed by atoms with Gasteiger partial charge in [-0.1, -0.05) is 24.6 Å². The fraction of sp³-hybridized carbons (Fsp3) is 0.333. The monoisotopic (exact) mass is 344 g/mol. The molecule has 0 saturated heterocycles. The predicted molar refractivity (Wildman–Crippen MR) is 93.7 cm³/mol. The molecule has 2 amide bonds. The number of benzene rings is 1. The molecule has 3 rings (SSSR count). The molecule has 1 heterocycles. The summed E-state index contributed by atoms with van der Waals surface area (Å²) in [6.07, 6.45) is 3.17. The Morgan fingerprint density at radius 3 is 2.50 bits per heavy atom. The molecule has 126 valence electrons. The normalized spacial score (nSPS) is 15.4. The van der Waals surface area contributed by atoms with Gasteiger partial charge in [0.1, 0.15) is 5.75 Å². The van der Waals surface area contributed by atoms with Crippen molar-refractivity contribution in [2.24, 2.45) is 5.73 Å². The van der Waals surface area contributed by atoms with Crippen molar-refractivity contribution >= 4 is 23.2 Å². The van der Waals surface area contributed by atoms with Crippen molar-refractivity contribution in [3.8, 4) is 5.75 Å². The van der Waals surface area contributed by atoms with E-state index in [-0.39, 0.29) is 11.3 Å². The van der Waals surface area contributed by atoms with E-state index in [0.29, 0.717) is 16.3 Å².